The summed E-state index contributed by atoms with van der Waals surface area (Å²) in [6, 6.07) is 8.16. The maximum atomic E-state index is 12.2. The molecule has 0 spiro atoms. The number of ether oxygens (including phenoxy) is 1. The van der Waals surface area contributed by atoms with Gasteiger partial charge in [0.2, 0.25) is 5.91 Å². The van der Waals surface area contributed by atoms with E-state index in [1.165, 1.54) is 0 Å². The summed E-state index contributed by atoms with van der Waals surface area (Å²) in [4.78, 5) is 14.0. The molecule has 1 amide bonds. The lowest BCUT2D eigenvalue weighted by Crippen LogP contribution is -2.41. The Morgan fingerprint density at radius 1 is 1.55 bits per heavy atom. The van der Waals surface area contributed by atoms with Gasteiger partial charge in [-0.25, -0.2) is 0 Å². The average molecular weight is 294 g/mol. The topological polar surface area (TPSA) is 41.6 Å². The van der Waals surface area contributed by atoms with E-state index in [0.717, 1.165) is 29.4 Å². The van der Waals surface area contributed by atoms with Gasteiger partial charge in [0.05, 0.1) is 7.11 Å². The van der Waals surface area contributed by atoms with E-state index in [9.17, 15) is 4.79 Å². The summed E-state index contributed by atoms with van der Waals surface area (Å²) in [6.45, 7) is 1.62. The third-order valence-electron chi connectivity index (χ3n) is 3.40. The first-order chi connectivity index (χ1) is 9.69. The molecule has 0 saturated carbocycles. The van der Waals surface area contributed by atoms with Gasteiger partial charge in [-0.2, -0.15) is 11.8 Å². The van der Waals surface area contributed by atoms with Crippen molar-refractivity contribution in [1.82, 2.24) is 10.2 Å². The number of hydrogen-bond acceptors (Lipinski definition) is 4. The summed E-state index contributed by atoms with van der Waals surface area (Å²) in [7, 11) is 3.51. The monoisotopic (exact) mass is 294 g/mol. The largest absolute Gasteiger partial charge is 0.497 e. The second kappa shape index (κ2) is 7.55. The molecule has 1 unspecified atom stereocenters. The van der Waals surface area contributed by atoms with Gasteiger partial charge in [0.1, 0.15) is 5.75 Å². The molecule has 1 aromatic carbocycles. The van der Waals surface area contributed by atoms with Crippen molar-refractivity contribution in [1.29, 1.82) is 0 Å². The summed E-state index contributed by atoms with van der Waals surface area (Å²) in [5.41, 5.74) is 1.09. The number of thioether (sulfide) groups is 1. The van der Waals surface area contributed by atoms with Gasteiger partial charge in [-0.05, 0) is 17.7 Å². The van der Waals surface area contributed by atoms with Gasteiger partial charge in [0.15, 0.2) is 0 Å². The van der Waals surface area contributed by atoms with E-state index in [0.29, 0.717) is 19.0 Å². The van der Waals surface area contributed by atoms with Crippen LogP contribution >= 0.6 is 11.8 Å². The molecule has 4 nitrogen and oxygen atoms in total. The molecule has 1 atom stereocenters. The molecule has 0 bridgehead atoms. The van der Waals surface area contributed by atoms with Crippen LogP contribution in [-0.4, -0.2) is 49.1 Å². The molecular formula is C15H22N2O2S. The van der Waals surface area contributed by atoms with E-state index in [1.54, 1.807) is 12.0 Å². The number of carbonyl (C=O) groups excluding carboxylic acids is 1. The molecule has 1 aliphatic heterocycles. The normalized spacial score (nSPS) is 18.6. The maximum Gasteiger partial charge on any atom is 0.224 e. The lowest BCUT2D eigenvalue weighted by Gasteiger charge is -2.25. The quantitative estimate of drug-likeness (QED) is 0.898. The second-order valence-electron chi connectivity index (χ2n) is 5.03. The van der Waals surface area contributed by atoms with Crippen molar-refractivity contribution in [2.75, 3.05) is 32.2 Å². The number of hydrogen-bond donors (Lipinski definition) is 1. The van der Waals surface area contributed by atoms with E-state index in [-0.39, 0.29) is 5.91 Å². The summed E-state index contributed by atoms with van der Waals surface area (Å²) >= 11 is 1.92. The van der Waals surface area contributed by atoms with Crippen LogP contribution in [0.15, 0.2) is 24.3 Å². The van der Waals surface area contributed by atoms with E-state index in [1.807, 2.05) is 43.1 Å². The second-order valence-corrected chi connectivity index (χ2v) is 6.18. The van der Waals surface area contributed by atoms with E-state index in [4.69, 9.17) is 4.74 Å². The molecule has 20 heavy (non-hydrogen) atoms. The van der Waals surface area contributed by atoms with Crippen LogP contribution in [0.2, 0.25) is 0 Å². The third-order valence-corrected chi connectivity index (χ3v) is 4.53. The van der Waals surface area contributed by atoms with Crippen LogP contribution in [-0.2, 0) is 11.3 Å². The molecule has 1 aliphatic rings. The van der Waals surface area contributed by atoms with Gasteiger partial charge in [0, 0.05) is 44.1 Å². The van der Waals surface area contributed by atoms with E-state index in [2.05, 4.69) is 5.32 Å². The van der Waals surface area contributed by atoms with Gasteiger partial charge >= 0.3 is 0 Å². The Morgan fingerprint density at radius 2 is 2.40 bits per heavy atom. The molecule has 5 heteroatoms. The van der Waals surface area contributed by atoms with Crippen LogP contribution in [0.25, 0.3) is 0 Å². The minimum Gasteiger partial charge on any atom is -0.497 e. The Bertz CT molecular complexity index is 447. The SMILES string of the molecule is COc1cccc(CN(C)C(=O)CC2CSCCN2)c1. The van der Waals surface area contributed by atoms with Crippen LogP contribution in [0.1, 0.15) is 12.0 Å². The van der Waals surface area contributed by atoms with Crippen molar-refractivity contribution in [2.24, 2.45) is 0 Å². The molecule has 1 saturated heterocycles. The fourth-order valence-electron chi connectivity index (χ4n) is 2.25. The van der Waals surface area contributed by atoms with Crippen LogP contribution in [0, 0.1) is 0 Å². The molecule has 1 N–H and O–H groups in total. The molecule has 1 heterocycles. The molecule has 0 aliphatic carbocycles. The fraction of sp³-hybridized carbons (Fsp3) is 0.533. The molecule has 110 valence electrons. The van der Waals surface area contributed by atoms with Crippen molar-refractivity contribution in [3.8, 4) is 5.75 Å². The third kappa shape index (κ3) is 4.42. The van der Waals surface area contributed by atoms with Gasteiger partial charge in [0.25, 0.3) is 0 Å². The minimum absolute atomic E-state index is 0.188. The predicted molar refractivity (Wildman–Crippen MR) is 83.2 cm³/mol. The number of carbonyl (C=O) groups is 1. The van der Waals surface area contributed by atoms with Crippen molar-refractivity contribution >= 4 is 17.7 Å². The molecule has 2 rings (SSSR count). The predicted octanol–water partition coefficient (Wildman–Crippen LogP) is 1.75. The fourth-order valence-corrected chi connectivity index (χ4v) is 3.20. The highest BCUT2D eigenvalue weighted by Crippen LogP contribution is 2.15. The van der Waals surface area contributed by atoms with Crippen LogP contribution < -0.4 is 10.1 Å². The zero-order valence-electron chi connectivity index (χ0n) is 12.1. The Labute approximate surface area is 124 Å². The highest BCUT2D eigenvalue weighted by Gasteiger charge is 2.19. The van der Waals surface area contributed by atoms with Crippen LogP contribution in [0.4, 0.5) is 0 Å². The minimum atomic E-state index is 0.188. The highest BCUT2D eigenvalue weighted by atomic mass is 32.2. The summed E-state index contributed by atoms with van der Waals surface area (Å²) in [5, 5.41) is 3.40. The average Bonchev–Trinajstić information content (AvgIpc) is 2.48. The Morgan fingerprint density at radius 3 is 3.10 bits per heavy atom. The van der Waals surface area contributed by atoms with Gasteiger partial charge in [-0.15, -0.1) is 0 Å². The van der Waals surface area contributed by atoms with Crippen molar-refractivity contribution < 1.29 is 9.53 Å². The zero-order chi connectivity index (χ0) is 14.4. The van der Waals surface area contributed by atoms with Crippen molar-refractivity contribution in [2.45, 2.75) is 19.0 Å². The highest BCUT2D eigenvalue weighted by molar-refractivity contribution is 7.99. The standard InChI is InChI=1S/C15H22N2O2S/c1-17(10-12-4-3-5-14(8-12)19-2)15(18)9-13-11-20-7-6-16-13/h3-5,8,13,16H,6-7,9-11H2,1-2H3. The first-order valence-corrected chi connectivity index (χ1v) is 8.02. The van der Waals surface area contributed by atoms with Gasteiger partial charge in [-0.3, -0.25) is 4.79 Å². The maximum absolute atomic E-state index is 12.2. The van der Waals surface area contributed by atoms with Crippen molar-refractivity contribution in [3.05, 3.63) is 29.8 Å². The van der Waals surface area contributed by atoms with E-state index >= 15 is 0 Å². The summed E-state index contributed by atoms with van der Waals surface area (Å²) in [5.74, 6) is 3.19. The van der Waals surface area contributed by atoms with Gasteiger partial charge in [-0.1, -0.05) is 12.1 Å². The first-order valence-electron chi connectivity index (χ1n) is 6.87. The van der Waals surface area contributed by atoms with Crippen LogP contribution in [0.5, 0.6) is 5.75 Å². The summed E-state index contributed by atoms with van der Waals surface area (Å²) in [6.07, 6.45) is 0.577. The van der Waals surface area contributed by atoms with Crippen LogP contribution in [0.3, 0.4) is 0 Å². The number of nitrogens with one attached hydrogen (secondary N) is 1. The molecule has 0 aromatic heterocycles. The Kier molecular flexibility index (Phi) is 5.73. The number of methoxy groups -OCH3 is 1. The Balaban J connectivity index is 1.86. The smallest absolute Gasteiger partial charge is 0.224 e. The Hall–Kier alpha value is -1.20. The molecule has 0 radical (unpaired) electrons. The molecule has 1 fully saturated rings. The van der Waals surface area contributed by atoms with Gasteiger partial charge < -0.3 is 15.0 Å². The first kappa shape index (κ1) is 15.2. The number of nitrogens with zero attached hydrogens (tertiary/aromatic N) is 1. The lowest BCUT2D eigenvalue weighted by atomic mass is 10.1. The van der Waals surface area contributed by atoms with Crippen molar-refractivity contribution in [3.63, 3.8) is 0 Å². The molecule has 1 aromatic rings. The zero-order valence-corrected chi connectivity index (χ0v) is 12.9. The number of amides is 1. The molecular weight excluding hydrogens is 272 g/mol. The lowest BCUT2D eigenvalue weighted by molar-refractivity contribution is -0.130. The number of rotatable bonds is 5. The number of benzene rings is 1. The van der Waals surface area contributed by atoms with E-state index < -0.39 is 0 Å². The summed E-state index contributed by atoms with van der Waals surface area (Å²) < 4.78 is 5.20.